The van der Waals surface area contributed by atoms with E-state index in [0.29, 0.717) is 17.6 Å². The second-order valence-electron chi connectivity index (χ2n) is 5.71. The number of nitrogens with zero attached hydrogens (tertiary/aromatic N) is 3. The van der Waals surface area contributed by atoms with Crippen LogP contribution in [0.4, 0.5) is 0 Å². The highest BCUT2D eigenvalue weighted by molar-refractivity contribution is 7.97. The number of nitrogens with two attached hydrogens (primary N) is 1. The van der Waals surface area contributed by atoms with E-state index in [-0.39, 0.29) is 5.92 Å². The van der Waals surface area contributed by atoms with Crippen molar-refractivity contribution in [2.75, 3.05) is 0 Å². The van der Waals surface area contributed by atoms with Gasteiger partial charge in [-0.3, -0.25) is 5.14 Å². The van der Waals surface area contributed by atoms with Gasteiger partial charge in [-0.05, 0) is 42.8 Å². The summed E-state index contributed by atoms with van der Waals surface area (Å²) >= 11 is 1.17. The fraction of sp³-hybridized carbons (Fsp3) is 0.235. The molecule has 0 aliphatic heterocycles. The van der Waals surface area contributed by atoms with Crippen molar-refractivity contribution < 1.29 is 4.52 Å². The van der Waals surface area contributed by atoms with E-state index >= 15 is 0 Å². The first-order chi connectivity index (χ1) is 11.3. The Balaban J connectivity index is 1.55. The lowest BCUT2D eigenvalue weighted by Crippen LogP contribution is -1.95. The van der Waals surface area contributed by atoms with Gasteiger partial charge in [0.2, 0.25) is 11.7 Å². The molecule has 0 radical (unpaired) electrons. The van der Waals surface area contributed by atoms with Gasteiger partial charge >= 0.3 is 0 Å². The van der Waals surface area contributed by atoms with Crippen molar-refractivity contribution in [2.24, 2.45) is 5.14 Å². The zero-order valence-corrected chi connectivity index (χ0v) is 13.5. The Labute approximate surface area is 138 Å². The largest absolute Gasteiger partial charge is 0.339 e. The Bertz CT molecular complexity index is 834. The molecular weight excluding hydrogens is 308 g/mol. The molecule has 0 saturated heterocycles. The minimum atomic E-state index is 0.289. The highest BCUT2D eigenvalue weighted by Crippen LogP contribution is 2.54. The first-order valence-corrected chi connectivity index (χ1v) is 8.37. The van der Waals surface area contributed by atoms with E-state index in [9.17, 15) is 0 Å². The molecule has 0 amide bonds. The Hall–Kier alpha value is -2.18. The molecule has 2 heterocycles. The molecule has 1 fully saturated rings. The molecule has 1 aliphatic carbocycles. The average molecular weight is 324 g/mol. The summed E-state index contributed by atoms with van der Waals surface area (Å²) in [7, 11) is 0. The minimum absolute atomic E-state index is 0.289. The van der Waals surface area contributed by atoms with E-state index in [1.165, 1.54) is 17.5 Å². The van der Waals surface area contributed by atoms with Crippen LogP contribution in [0.25, 0.3) is 11.4 Å². The van der Waals surface area contributed by atoms with Crippen LogP contribution in [0.1, 0.15) is 35.4 Å². The van der Waals surface area contributed by atoms with Crippen LogP contribution >= 0.6 is 11.9 Å². The lowest BCUT2D eigenvalue weighted by molar-refractivity contribution is 0.378. The zero-order valence-electron chi connectivity index (χ0n) is 12.6. The van der Waals surface area contributed by atoms with Crippen molar-refractivity contribution in [3.8, 4) is 11.4 Å². The molecule has 0 bridgehead atoms. The Morgan fingerprint density at radius 2 is 1.91 bits per heavy atom. The third kappa shape index (κ3) is 2.75. The van der Waals surface area contributed by atoms with Crippen LogP contribution in [0.15, 0.2) is 52.0 Å². The fourth-order valence-electron chi connectivity index (χ4n) is 2.91. The molecule has 2 aromatic heterocycles. The fourth-order valence-corrected chi connectivity index (χ4v) is 3.24. The van der Waals surface area contributed by atoms with Crippen LogP contribution in [-0.2, 0) is 0 Å². The predicted molar refractivity (Wildman–Crippen MR) is 88.9 cm³/mol. The van der Waals surface area contributed by atoms with Crippen molar-refractivity contribution in [2.45, 2.75) is 30.2 Å². The van der Waals surface area contributed by atoms with Gasteiger partial charge in [0, 0.05) is 17.2 Å². The van der Waals surface area contributed by atoms with E-state index < -0.39 is 0 Å². The van der Waals surface area contributed by atoms with E-state index in [0.717, 1.165) is 22.7 Å². The molecule has 0 spiro atoms. The van der Waals surface area contributed by atoms with Crippen LogP contribution < -0.4 is 5.14 Å². The summed E-state index contributed by atoms with van der Waals surface area (Å²) in [5.74, 6) is 2.06. The first-order valence-electron chi connectivity index (χ1n) is 7.49. The van der Waals surface area contributed by atoms with Crippen molar-refractivity contribution in [3.05, 3.63) is 59.6 Å². The van der Waals surface area contributed by atoms with Crippen LogP contribution in [0.5, 0.6) is 0 Å². The molecule has 2 unspecified atom stereocenters. The first kappa shape index (κ1) is 14.4. The van der Waals surface area contributed by atoms with Gasteiger partial charge < -0.3 is 4.52 Å². The van der Waals surface area contributed by atoms with E-state index in [2.05, 4.69) is 21.2 Å². The summed E-state index contributed by atoms with van der Waals surface area (Å²) in [4.78, 5) is 9.06. The van der Waals surface area contributed by atoms with Gasteiger partial charge in [-0.2, -0.15) is 4.98 Å². The van der Waals surface area contributed by atoms with E-state index in [1.807, 2.05) is 43.3 Å². The molecule has 1 saturated carbocycles. The van der Waals surface area contributed by atoms with Gasteiger partial charge in [-0.25, -0.2) is 4.98 Å². The normalized spacial score (nSPS) is 19.7. The van der Waals surface area contributed by atoms with Crippen LogP contribution in [0, 0.1) is 6.92 Å². The summed E-state index contributed by atoms with van der Waals surface area (Å²) in [5.41, 5.74) is 3.24. The topological polar surface area (TPSA) is 77.8 Å². The van der Waals surface area contributed by atoms with E-state index in [1.54, 1.807) is 0 Å². The number of pyridine rings is 1. The second-order valence-corrected chi connectivity index (χ2v) is 6.37. The maximum Gasteiger partial charge on any atom is 0.230 e. The molecule has 2 N–H and O–H groups in total. The summed E-state index contributed by atoms with van der Waals surface area (Å²) in [5, 5.41) is 10.5. The molecule has 6 heteroatoms. The van der Waals surface area contributed by atoms with Crippen molar-refractivity contribution in [1.82, 2.24) is 15.1 Å². The molecule has 3 aromatic rings. The number of aryl methyl sites for hydroxylation is 1. The summed E-state index contributed by atoms with van der Waals surface area (Å²) in [6, 6.07) is 13.9. The maximum atomic E-state index is 5.56. The van der Waals surface area contributed by atoms with Crippen LogP contribution in [-0.4, -0.2) is 15.1 Å². The lowest BCUT2D eigenvalue weighted by atomic mass is 10.1. The number of aromatic nitrogens is 3. The summed E-state index contributed by atoms with van der Waals surface area (Å²) in [6.07, 6.45) is 1.02. The monoisotopic (exact) mass is 324 g/mol. The molecule has 1 aromatic carbocycles. The predicted octanol–water partition coefficient (Wildman–Crippen LogP) is 3.68. The maximum absolute atomic E-state index is 5.56. The number of hydrogen-bond donors (Lipinski definition) is 1. The summed E-state index contributed by atoms with van der Waals surface area (Å²) in [6.45, 7) is 2.02. The Morgan fingerprint density at radius 3 is 2.65 bits per heavy atom. The van der Waals surface area contributed by atoms with Gasteiger partial charge in [-0.1, -0.05) is 41.6 Å². The van der Waals surface area contributed by atoms with Gasteiger partial charge in [-0.15, -0.1) is 0 Å². The second kappa shape index (κ2) is 5.79. The molecule has 4 rings (SSSR count). The van der Waals surface area contributed by atoms with Crippen LogP contribution in [0.3, 0.4) is 0 Å². The number of rotatable bonds is 4. The van der Waals surface area contributed by atoms with E-state index in [4.69, 9.17) is 9.66 Å². The molecule has 2 atom stereocenters. The zero-order chi connectivity index (χ0) is 15.8. The summed E-state index contributed by atoms with van der Waals surface area (Å²) < 4.78 is 5.47. The SMILES string of the molecule is Cc1nc(SN)ccc1C1CC1c1nc(-c2ccccc2)no1. The standard InChI is InChI=1S/C17H16N4OS/c1-10-12(7-8-15(19-10)23-18)13-9-14(13)17-20-16(21-22-17)11-5-3-2-4-6-11/h2-8,13-14H,9,18H2,1H3. The average Bonchev–Trinajstić information content (AvgIpc) is 3.22. The lowest BCUT2D eigenvalue weighted by Gasteiger charge is -2.04. The third-order valence-electron chi connectivity index (χ3n) is 4.20. The highest BCUT2D eigenvalue weighted by Gasteiger charge is 2.44. The van der Waals surface area contributed by atoms with Gasteiger partial charge in [0.1, 0.15) is 5.03 Å². The smallest absolute Gasteiger partial charge is 0.230 e. The highest BCUT2D eigenvalue weighted by atomic mass is 32.2. The molecule has 23 heavy (non-hydrogen) atoms. The third-order valence-corrected chi connectivity index (χ3v) is 4.67. The Morgan fingerprint density at radius 1 is 1.09 bits per heavy atom. The van der Waals surface area contributed by atoms with Gasteiger partial charge in [0.05, 0.1) is 0 Å². The Kier molecular flexibility index (Phi) is 3.63. The molecule has 116 valence electrons. The molecule has 1 aliphatic rings. The van der Waals surface area contributed by atoms with Crippen LogP contribution in [0.2, 0.25) is 0 Å². The number of hydrogen-bond acceptors (Lipinski definition) is 6. The van der Waals surface area contributed by atoms with Crippen molar-refractivity contribution in [1.29, 1.82) is 0 Å². The molecule has 5 nitrogen and oxygen atoms in total. The van der Waals surface area contributed by atoms with Crippen molar-refractivity contribution >= 4 is 11.9 Å². The van der Waals surface area contributed by atoms with Crippen molar-refractivity contribution in [3.63, 3.8) is 0 Å². The quantitative estimate of drug-likeness (QED) is 0.738. The molecular formula is C17H16N4OS. The number of benzene rings is 1. The van der Waals surface area contributed by atoms with Gasteiger partial charge in [0.25, 0.3) is 0 Å². The van der Waals surface area contributed by atoms with Gasteiger partial charge in [0.15, 0.2) is 0 Å². The minimum Gasteiger partial charge on any atom is -0.339 e.